The Hall–Kier alpha value is -1.80. The van der Waals surface area contributed by atoms with Crippen molar-refractivity contribution in [2.45, 2.75) is 38.8 Å². The summed E-state index contributed by atoms with van der Waals surface area (Å²) in [6.45, 7) is 5.41. The summed E-state index contributed by atoms with van der Waals surface area (Å²) in [4.78, 5) is 0. The average molecular weight is 281 g/mol. The number of benzene rings is 2. The van der Waals surface area contributed by atoms with Crippen LogP contribution in [0.25, 0.3) is 0 Å². The lowest BCUT2D eigenvalue weighted by Gasteiger charge is -2.33. The van der Waals surface area contributed by atoms with Crippen LogP contribution >= 0.6 is 0 Å². The van der Waals surface area contributed by atoms with Crippen molar-refractivity contribution >= 4 is 0 Å². The first kappa shape index (κ1) is 14.2. The number of fused-ring (bicyclic) bond motifs is 1. The highest BCUT2D eigenvalue weighted by Crippen LogP contribution is 2.41. The Kier molecular flexibility index (Phi) is 4.26. The van der Waals surface area contributed by atoms with E-state index in [0.29, 0.717) is 6.04 Å². The van der Waals surface area contributed by atoms with Gasteiger partial charge in [-0.1, -0.05) is 49.4 Å². The van der Waals surface area contributed by atoms with E-state index in [1.807, 2.05) is 0 Å². The molecule has 3 rings (SSSR count). The molecule has 0 amide bonds. The molecule has 2 unspecified atom stereocenters. The van der Waals surface area contributed by atoms with Crippen molar-refractivity contribution in [2.75, 3.05) is 6.54 Å². The van der Waals surface area contributed by atoms with E-state index in [4.69, 9.17) is 4.74 Å². The zero-order valence-electron chi connectivity index (χ0n) is 12.8. The van der Waals surface area contributed by atoms with E-state index in [1.165, 1.54) is 16.7 Å². The quantitative estimate of drug-likeness (QED) is 0.887. The van der Waals surface area contributed by atoms with E-state index >= 15 is 0 Å². The molecule has 0 aliphatic carbocycles. The van der Waals surface area contributed by atoms with Gasteiger partial charge in [0.2, 0.25) is 0 Å². The first-order valence-electron chi connectivity index (χ1n) is 7.84. The SMILES string of the molecule is CCCNC1CC(c2ccccc2C)Oc2ccccc21. The van der Waals surface area contributed by atoms with Crippen LogP contribution in [0.15, 0.2) is 48.5 Å². The molecule has 0 spiro atoms. The molecule has 1 aliphatic heterocycles. The van der Waals surface area contributed by atoms with Gasteiger partial charge in [0, 0.05) is 18.0 Å². The molecule has 2 heteroatoms. The summed E-state index contributed by atoms with van der Waals surface area (Å²) in [5.74, 6) is 1.02. The van der Waals surface area contributed by atoms with E-state index in [9.17, 15) is 0 Å². The molecule has 1 aliphatic rings. The molecule has 1 N–H and O–H groups in total. The Morgan fingerprint density at radius 2 is 1.76 bits per heavy atom. The van der Waals surface area contributed by atoms with Gasteiger partial charge in [-0.3, -0.25) is 0 Å². The van der Waals surface area contributed by atoms with Crippen LogP contribution in [0, 0.1) is 6.92 Å². The van der Waals surface area contributed by atoms with Gasteiger partial charge in [-0.2, -0.15) is 0 Å². The van der Waals surface area contributed by atoms with E-state index < -0.39 is 0 Å². The molecule has 0 saturated carbocycles. The fourth-order valence-electron chi connectivity index (χ4n) is 3.07. The molecule has 1 heterocycles. The summed E-state index contributed by atoms with van der Waals surface area (Å²) >= 11 is 0. The summed E-state index contributed by atoms with van der Waals surface area (Å²) in [5.41, 5.74) is 3.89. The Morgan fingerprint density at radius 3 is 2.52 bits per heavy atom. The molecule has 0 aromatic heterocycles. The van der Waals surface area contributed by atoms with E-state index in [2.05, 4.69) is 67.7 Å². The summed E-state index contributed by atoms with van der Waals surface area (Å²) in [6.07, 6.45) is 2.27. The lowest BCUT2D eigenvalue weighted by atomic mass is 9.91. The van der Waals surface area contributed by atoms with Crippen LogP contribution in [0.3, 0.4) is 0 Å². The Balaban J connectivity index is 1.91. The molecule has 110 valence electrons. The third kappa shape index (κ3) is 2.96. The molecule has 0 fully saturated rings. The fourth-order valence-corrected chi connectivity index (χ4v) is 3.07. The summed E-state index contributed by atoms with van der Waals surface area (Å²) < 4.78 is 6.27. The second kappa shape index (κ2) is 6.31. The van der Waals surface area contributed by atoms with Gasteiger partial charge in [-0.15, -0.1) is 0 Å². The lowest BCUT2D eigenvalue weighted by molar-refractivity contribution is 0.151. The largest absolute Gasteiger partial charge is 0.485 e. The van der Waals surface area contributed by atoms with Gasteiger partial charge in [0.1, 0.15) is 11.9 Å². The molecule has 0 saturated heterocycles. The Labute approximate surface area is 127 Å². The number of para-hydroxylation sites is 1. The predicted molar refractivity (Wildman–Crippen MR) is 86.6 cm³/mol. The maximum atomic E-state index is 6.27. The predicted octanol–water partition coefficient (Wildman–Crippen LogP) is 4.56. The van der Waals surface area contributed by atoms with Gasteiger partial charge in [0.15, 0.2) is 0 Å². The monoisotopic (exact) mass is 281 g/mol. The first-order chi connectivity index (χ1) is 10.3. The molecule has 2 aromatic rings. The third-order valence-electron chi connectivity index (χ3n) is 4.19. The normalized spacial score (nSPS) is 20.7. The molecule has 0 bridgehead atoms. The fraction of sp³-hybridized carbons (Fsp3) is 0.368. The molecular formula is C19H23NO. The van der Waals surface area contributed by atoms with Crippen molar-refractivity contribution in [3.63, 3.8) is 0 Å². The maximum absolute atomic E-state index is 6.27. The van der Waals surface area contributed by atoms with Gasteiger partial charge < -0.3 is 10.1 Å². The molecule has 0 radical (unpaired) electrons. The molecule has 2 aromatic carbocycles. The van der Waals surface area contributed by atoms with Crippen molar-refractivity contribution in [3.8, 4) is 5.75 Å². The van der Waals surface area contributed by atoms with Crippen LogP contribution in [0.5, 0.6) is 5.75 Å². The highest BCUT2D eigenvalue weighted by atomic mass is 16.5. The van der Waals surface area contributed by atoms with Crippen molar-refractivity contribution in [1.82, 2.24) is 5.32 Å². The minimum absolute atomic E-state index is 0.135. The van der Waals surface area contributed by atoms with Crippen LogP contribution in [0.2, 0.25) is 0 Å². The minimum Gasteiger partial charge on any atom is -0.485 e. The van der Waals surface area contributed by atoms with E-state index in [0.717, 1.165) is 25.1 Å². The molecule has 21 heavy (non-hydrogen) atoms. The average Bonchev–Trinajstić information content (AvgIpc) is 2.53. The van der Waals surface area contributed by atoms with Gasteiger partial charge in [-0.05, 0) is 37.1 Å². The van der Waals surface area contributed by atoms with Gasteiger partial charge >= 0.3 is 0 Å². The van der Waals surface area contributed by atoms with Crippen molar-refractivity contribution in [2.24, 2.45) is 0 Å². The summed E-state index contributed by atoms with van der Waals surface area (Å²) in [7, 11) is 0. The van der Waals surface area contributed by atoms with Crippen molar-refractivity contribution < 1.29 is 4.74 Å². The van der Waals surface area contributed by atoms with Crippen LogP contribution in [0.1, 0.15) is 48.6 Å². The van der Waals surface area contributed by atoms with E-state index in [-0.39, 0.29) is 6.10 Å². The Bertz CT molecular complexity index is 608. The highest BCUT2D eigenvalue weighted by Gasteiger charge is 2.29. The lowest BCUT2D eigenvalue weighted by Crippen LogP contribution is -2.29. The topological polar surface area (TPSA) is 21.3 Å². The third-order valence-corrected chi connectivity index (χ3v) is 4.19. The van der Waals surface area contributed by atoms with Crippen LogP contribution in [0.4, 0.5) is 0 Å². The zero-order valence-corrected chi connectivity index (χ0v) is 12.8. The smallest absolute Gasteiger partial charge is 0.126 e. The van der Waals surface area contributed by atoms with Crippen LogP contribution in [-0.4, -0.2) is 6.54 Å². The zero-order chi connectivity index (χ0) is 14.7. The first-order valence-corrected chi connectivity index (χ1v) is 7.84. The standard InChI is InChI=1S/C19H23NO/c1-3-12-20-17-13-19(15-9-5-4-8-14(15)2)21-18-11-7-6-10-16(17)18/h4-11,17,19-20H,3,12-13H2,1-2H3. The summed E-state index contributed by atoms with van der Waals surface area (Å²) in [6, 6.07) is 17.3. The number of hydrogen-bond donors (Lipinski definition) is 1. The van der Waals surface area contributed by atoms with Gasteiger partial charge in [-0.25, -0.2) is 0 Å². The number of ether oxygens (including phenoxy) is 1. The number of nitrogens with one attached hydrogen (secondary N) is 1. The second-order valence-corrected chi connectivity index (χ2v) is 5.74. The second-order valence-electron chi connectivity index (χ2n) is 5.74. The van der Waals surface area contributed by atoms with Crippen molar-refractivity contribution in [3.05, 3.63) is 65.2 Å². The number of rotatable bonds is 4. The van der Waals surface area contributed by atoms with E-state index in [1.54, 1.807) is 0 Å². The molecule has 2 nitrogen and oxygen atoms in total. The molecular weight excluding hydrogens is 258 g/mol. The maximum Gasteiger partial charge on any atom is 0.126 e. The molecule has 2 atom stereocenters. The minimum atomic E-state index is 0.135. The van der Waals surface area contributed by atoms with Crippen LogP contribution < -0.4 is 10.1 Å². The van der Waals surface area contributed by atoms with Gasteiger partial charge in [0.25, 0.3) is 0 Å². The Morgan fingerprint density at radius 1 is 1.05 bits per heavy atom. The number of hydrogen-bond acceptors (Lipinski definition) is 2. The van der Waals surface area contributed by atoms with Gasteiger partial charge in [0.05, 0.1) is 0 Å². The summed E-state index contributed by atoms with van der Waals surface area (Å²) in [5, 5.41) is 3.67. The highest BCUT2D eigenvalue weighted by molar-refractivity contribution is 5.40. The van der Waals surface area contributed by atoms with Crippen molar-refractivity contribution in [1.29, 1.82) is 0 Å². The number of aryl methyl sites for hydroxylation is 1. The van der Waals surface area contributed by atoms with Crippen LogP contribution in [-0.2, 0) is 0 Å².